The lowest BCUT2D eigenvalue weighted by atomic mass is 10.2. The predicted molar refractivity (Wildman–Crippen MR) is 95.7 cm³/mol. The summed E-state index contributed by atoms with van der Waals surface area (Å²) >= 11 is 0.897. The number of carbonyl (C=O) groups excluding carboxylic acids is 2. The van der Waals surface area contributed by atoms with Crippen LogP contribution in [0.5, 0.6) is 0 Å². The third kappa shape index (κ3) is 3.86. The van der Waals surface area contributed by atoms with Crippen LogP contribution in [-0.2, 0) is 15.8 Å². The fourth-order valence-electron chi connectivity index (χ4n) is 2.78. The molecular formula is C18H11F3N4O3S. The van der Waals surface area contributed by atoms with Gasteiger partial charge in [-0.1, -0.05) is 17.8 Å². The van der Waals surface area contributed by atoms with Crippen molar-refractivity contribution in [2.45, 2.75) is 23.1 Å². The van der Waals surface area contributed by atoms with E-state index in [-0.39, 0.29) is 23.2 Å². The maximum atomic E-state index is 12.9. The Bertz CT molecular complexity index is 1070. The van der Waals surface area contributed by atoms with Gasteiger partial charge in [-0.15, -0.1) is 10.2 Å². The van der Waals surface area contributed by atoms with Gasteiger partial charge in [-0.2, -0.15) is 13.2 Å². The molecule has 7 nitrogen and oxygen atoms in total. The minimum Gasteiger partial charge on any atom is -0.411 e. The molecular weight excluding hydrogens is 409 g/mol. The number of alkyl halides is 3. The quantitative estimate of drug-likeness (QED) is 0.596. The number of hydrogen-bond acceptors (Lipinski definition) is 7. The molecule has 0 N–H and O–H groups in total. The van der Waals surface area contributed by atoms with Gasteiger partial charge < -0.3 is 4.42 Å². The van der Waals surface area contributed by atoms with E-state index >= 15 is 0 Å². The lowest BCUT2D eigenvalue weighted by Crippen LogP contribution is -2.31. The van der Waals surface area contributed by atoms with E-state index in [0.717, 1.165) is 34.9 Å². The van der Waals surface area contributed by atoms with Gasteiger partial charge in [-0.05, 0) is 30.3 Å². The summed E-state index contributed by atoms with van der Waals surface area (Å²) in [6, 6.07) is 7.42. The highest BCUT2D eigenvalue weighted by molar-refractivity contribution is 8.00. The highest BCUT2D eigenvalue weighted by Crippen LogP contribution is 2.36. The van der Waals surface area contributed by atoms with Crippen LogP contribution in [0.4, 0.5) is 18.9 Å². The molecule has 1 unspecified atom stereocenters. The number of nitrogens with zero attached hydrogens (tertiary/aromatic N) is 4. The van der Waals surface area contributed by atoms with Crippen LogP contribution in [0.2, 0.25) is 0 Å². The van der Waals surface area contributed by atoms with Crippen LogP contribution in [0, 0.1) is 0 Å². The Labute approximate surface area is 165 Å². The average Bonchev–Trinajstić information content (AvgIpc) is 3.27. The number of benzene rings is 1. The Morgan fingerprint density at radius 1 is 1.10 bits per heavy atom. The number of halogens is 3. The summed E-state index contributed by atoms with van der Waals surface area (Å²) in [4.78, 5) is 29.6. The van der Waals surface area contributed by atoms with Crippen molar-refractivity contribution in [1.82, 2.24) is 15.2 Å². The van der Waals surface area contributed by atoms with Crippen molar-refractivity contribution in [2.24, 2.45) is 0 Å². The molecule has 0 bridgehead atoms. The monoisotopic (exact) mass is 420 g/mol. The summed E-state index contributed by atoms with van der Waals surface area (Å²) in [5.74, 6) is -1.01. The van der Waals surface area contributed by atoms with Gasteiger partial charge in [0.2, 0.25) is 17.7 Å². The molecule has 3 aromatic rings. The zero-order chi connectivity index (χ0) is 20.6. The minimum atomic E-state index is -4.58. The van der Waals surface area contributed by atoms with Crippen LogP contribution >= 0.6 is 11.8 Å². The maximum absolute atomic E-state index is 12.9. The first kappa shape index (κ1) is 19.1. The number of aromatic nitrogens is 3. The van der Waals surface area contributed by atoms with Crippen LogP contribution in [0.3, 0.4) is 0 Å². The number of rotatable bonds is 4. The van der Waals surface area contributed by atoms with Crippen molar-refractivity contribution in [3.8, 4) is 11.5 Å². The number of carbonyl (C=O) groups is 2. The highest BCUT2D eigenvalue weighted by atomic mass is 32.2. The second-order valence-electron chi connectivity index (χ2n) is 6.04. The number of pyridine rings is 1. The molecule has 11 heteroatoms. The van der Waals surface area contributed by atoms with Gasteiger partial charge in [0.25, 0.3) is 5.22 Å². The average molecular weight is 420 g/mol. The zero-order valence-corrected chi connectivity index (χ0v) is 15.3. The lowest BCUT2D eigenvalue weighted by molar-refractivity contribution is -0.137. The van der Waals surface area contributed by atoms with Gasteiger partial charge in [-0.3, -0.25) is 14.6 Å². The second kappa shape index (κ2) is 7.32. The molecule has 1 aliphatic rings. The number of anilines is 1. The topological polar surface area (TPSA) is 89.2 Å². The zero-order valence-electron chi connectivity index (χ0n) is 14.5. The standard InChI is InChI=1S/C18H11F3N4O3S/c19-18(20,21)11-2-1-3-12(8-11)25-14(26)9-13(16(25)27)29-17-24-23-15(28-17)10-4-6-22-7-5-10/h1-8,13H,9H2. The van der Waals surface area contributed by atoms with E-state index < -0.39 is 28.8 Å². The molecule has 0 spiro atoms. The summed E-state index contributed by atoms with van der Waals surface area (Å²) in [6.45, 7) is 0. The SMILES string of the molecule is O=C1CC(Sc2nnc(-c3ccncc3)o2)C(=O)N1c1cccc(C(F)(F)F)c1. The molecule has 0 radical (unpaired) electrons. The van der Waals surface area contributed by atoms with Crippen molar-refractivity contribution < 1.29 is 27.2 Å². The van der Waals surface area contributed by atoms with E-state index in [9.17, 15) is 22.8 Å². The van der Waals surface area contributed by atoms with E-state index in [4.69, 9.17) is 4.42 Å². The molecule has 148 valence electrons. The minimum absolute atomic E-state index is 0.0776. The molecule has 0 aliphatic carbocycles. The molecule has 1 fully saturated rings. The van der Waals surface area contributed by atoms with Gasteiger partial charge in [0.1, 0.15) is 5.25 Å². The van der Waals surface area contributed by atoms with Crippen molar-refractivity contribution in [3.05, 3.63) is 54.4 Å². The van der Waals surface area contributed by atoms with Crippen LogP contribution in [0.25, 0.3) is 11.5 Å². The van der Waals surface area contributed by atoms with E-state index in [2.05, 4.69) is 15.2 Å². The Morgan fingerprint density at radius 3 is 2.59 bits per heavy atom. The Morgan fingerprint density at radius 2 is 1.86 bits per heavy atom. The number of thioether (sulfide) groups is 1. The van der Waals surface area contributed by atoms with E-state index in [1.165, 1.54) is 6.07 Å². The maximum Gasteiger partial charge on any atom is 0.416 e. The normalized spacial score (nSPS) is 17.2. The van der Waals surface area contributed by atoms with Crippen molar-refractivity contribution in [1.29, 1.82) is 0 Å². The van der Waals surface area contributed by atoms with Crippen molar-refractivity contribution in [3.63, 3.8) is 0 Å². The van der Waals surface area contributed by atoms with Crippen LogP contribution < -0.4 is 4.90 Å². The number of imide groups is 1. The molecule has 2 amide bonds. The summed E-state index contributed by atoms with van der Waals surface area (Å²) in [7, 11) is 0. The van der Waals surface area contributed by atoms with Crippen molar-refractivity contribution in [2.75, 3.05) is 4.90 Å². The van der Waals surface area contributed by atoms with Crippen LogP contribution in [-0.4, -0.2) is 32.2 Å². The fraction of sp³-hybridized carbons (Fsp3) is 0.167. The lowest BCUT2D eigenvalue weighted by Gasteiger charge is -2.16. The Balaban J connectivity index is 1.53. The summed E-state index contributed by atoms with van der Waals surface area (Å²) in [5, 5.41) is 6.95. The molecule has 1 aromatic carbocycles. The molecule has 1 aliphatic heterocycles. The third-order valence-corrected chi connectivity index (χ3v) is 5.13. The highest BCUT2D eigenvalue weighted by Gasteiger charge is 2.42. The van der Waals surface area contributed by atoms with E-state index in [1.807, 2.05) is 0 Å². The van der Waals surface area contributed by atoms with Gasteiger partial charge in [0, 0.05) is 24.4 Å². The van der Waals surface area contributed by atoms with Gasteiger partial charge in [0.05, 0.1) is 11.3 Å². The fourth-order valence-corrected chi connectivity index (χ4v) is 3.67. The first-order valence-electron chi connectivity index (χ1n) is 8.27. The van der Waals surface area contributed by atoms with E-state index in [0.29, 0.717) is 5.56 Å². The van der Waals surface area contributed by atoms with Gasteiger partial charge in [0.15, 0.2) is 0 Å². The van der Waals surface area contributed by atoms with Gasteiger partial charge in [-0.25, -0.2) is 4.90 Å². The number of hydrogen-bond donors (Lipinski definition) is 0. The molecule has 0 saturated carbocycles. The summed E-state index contributed by atoms with van der Waals surface area (Å²) in [5.41, 5.74) is -0.426. The third-order valence-electron chi connectivity index (χ3n) is 4.11. The molecule has 3 heterocycles. The summed E-state index contributed by atoms with van der Waals surface area (Å²) in [6.07, 6.45) is -1.66. The molecule has 4 rings (SSSR count). The summed E-state index contributed by atoms with van der Waals surface area (Å²) < 4.78 is 44.3. The largest absolute Gasteiger partial charge is 0.416 e. The second-order valence-corrected chi connectivity index (χ2v) is 7.19. The molecule has 1 saturated heterocycles. The van der Waals surface area contributed by atoms with Gasteiger partial charge >= 0.3 is 6.18 Å². The van der Waals surface area contributed by atoms with Crippen LogP contribution in [0.1, 0.15) is 12.0 Å². The molecule has 2 aromatic heterocycles. The van der Waals surface area contributed by atoms with E-state index in [1.54, 1.807) is 24.5 Å². The van der Waals surface area contributed by atoms with Crippen molar-refractivity contribution >= 4 is 29.3 Å². The smallest absolute Gasteiger partial charge is 0.411 e. The first-order chi connectivity index (χ1) is 13.8. The Hall–Kier alpha value is -3.21. The molecule has 1 atom stereocenters. The molecule has 29 heavy (non-hydrogen) atoms. The first-order valence-corrected chi connectivity index (χ1v) is 9.15. The predicted octanol–water partition coefficient (Wildman–Crippen LogP) is 3.57. The Kier molecular flexibility index (Phi) is 4.82. The number of amides is 2. The van der Waals surface area contributed by atoms with Crippen LogP contribution in [0.15, 0.2) is 58.4 Å².